The third kappa shape index (κ3) is 5.28. The molecule has 2 aromatic heterocycles. The molecule has 0 spiro atoms. The number of para-hydroxylation sites is 2. The Labute approximate surface area is 318 Å². The maximum absolute atomic E-state index is 6.24. The number of rotatable bonds is 6. The second-order valence-electron chi connectivity index (χ2n) is 14.2. The van der Waals surface area contributed by atoms with E-state index < -0.39 is 0 Å². The predicted molar refractivity (Wildman–Crippen MR) is 231 cm³/mol. The minimum absolute atomic E-state index is 0.882. The molecule has 0 aliphatic heterocycles. The van der Waals surface area contributed by atoms with Gasteiger partial charge in [0.15, 0.2) is 0 Å². The lowest BCUT2D eigenvalue weighted by Crippen LogP contribution is -2.10. The molecule has 2 heterocycles. The molecule has 258 valence electrons. The molecule has 0 radical (unpaired) electrons. The van der Waals surface area contributed by atoms with Gasteiger partial charge in [0.05, 0.1) is 11.0 Å². The van der Waals surface area contributed by atoms with Crippen LogP contribution >= 0.6 is 0 Å². The number of fused-ring (bicyclic) bond motifs is 7. The molecule has 0 N–H and O–H groups in total. The zero-order valence-corrected chi connectivity index (χ0v) is 29.9. The molecule has 0 saturated heterocycles. The van der Waals surface area contributed by atoms with Crippen LogP contribution in [0.25, 0.3) is 82.5 Å². The summed E-state index contributed by atoms with van der Waals surface area (Å²) in [6, 6.07) is 74.1. The van der Waals surface area contributed by atoms with E-state index in [1.54, 1.807) is 0 Å². The Kier molecular flexibility index (Phi) is 7.17. The number of aromatic nitrogens is 1. The van der Waals surface area contributed by atoms with Gasteiger partial charge in [-0.2, -0.15) is 0 Å². The Morgan fingerprint density at radius 2 is 0.927 bits per heavy atom. The van der Waals surface area contributed by atoms with Crippen LogP contribution in [0.4, 0.5) is 17.1 Å². The van der Waals surface area contributed by atoms with Gasteiger partial charge in [0.2, 0.25) is 0 Å². The van der Waals surface area contributed by atoms with Crippen LogP contribution in [0.5, 0.6) is 0 Å². The number of benzene rings is 9. The van der Waals surface area contributed by atoms with E-state index >= 15 is 0 Å². The van der Waals surface area contributed by atoms with Crippen molar-refractivity contribution in [1.82, 2.24) is 4.57 Å². The van der Waals surface area contributed by atoms with Crippen molar-refractivity contribution in [3.05, 3.63) is 206 Å². The first-order chi connectivity index (χ1) is 27.2. The fourth-order valence-corrected chi connectivity index (χ4v) is 8.30. The Morgan fingerprint density at radius 3 is 1.76 bits per heavy atom. The van der Waals surface area contributed by atoms with Gasteiger partial charge in [-0.1, -0.05) is 127 Å². The van der Waals surface area contributed by atoms with Crippen molar-refractivity contribution in [3.8, 4) is 27.9 Å². The lowest BCUT2D eigenvalue weighted by atomic mass is 10.0. The van der Waals surface area contributed by atoms with Crippen LogP contribution in [0.2, 0.25) is 0 Å². The quantitative estimate of drug-likeness (QED) is 0.172. The highest BCUT2D eigenvalue weighted by Gasteiger charge is 2.18. The summed E-state index contributed by atoms with van der Waals surface area (Å²) < 4.78 is 8.65. The average molecular weight is 703 g/mol. The first-order valence-electron chi connectivity index (χ1n) is 18.7. The van der Waals surface area contributed by atoms with E-state index in [1.807, 2.05) is 12.1 Å². The van der Waals surface area contributed by atoms with Gasteiger partial charge in [-0.15, -0.1) is 0 Å². The van der Waals surface area contributed by atoms with Crippen molar-refractivity contribution in [2.24, 2.45) is 0 Å². The molecule has 11 rings (SSSR count). The van der Waals surface area contributed by atoms with E-state index in [0.29, 0.717) is 0 Å². The molecule has 3 nitrogen and oxygen atoms in total. The largest absolute Gasteiger partial charge is 0.456 e. The molecule has 0 fully saturated rings. The maximum Gasteiger partial charge on any atom is 0.135 e. The fraction of sp³-hybridized carbons (Fsp3) is 0. The van der Waals surface area contributed by atoms with Crippen LogP contribution in [0, 0.1) is 0 Å². The van der Waals surface area contributed by atoms with Crippen LogP contribution in [0.3, 0.4) is 0 Å². The van der Waals surface area contributed by atoms with Crippen LogP contribution in [0.1, 0.15) is 0 Å². The summed E-state index contributed by atoms with van der Waals surface area (Å²) in [6.45, 7) is 0. The fourth-order valence-electron chi connectivity index (χ4n) is 8.30. The molecular formula is C52H34N2O. The van der Waals surface area contributed by atoms with Crippen molar-refractivity contribution in [3.63, 3.8) is 0 Å². The van der Waals surface area contributed by atoms with Gasteiger partial charge in [-0.3, -0.25) is 0 Å². The Balaban J connectivity index is 1.08. The highest BCUT2D eigenvalue weighted by Crippen LogP contribution is 2.42. The molecule has 55 heavy (non-hydrogen) atoms. The van der Waals surface area contributed by atoms with Crippen molar-refractivity contribution in [2.45, 2.75) is 0 Å². The van der Waals surface area contributed by atoms with E-state index in [4.69, 9.17) is 4.42 Å². The molecule has 0 saturated carbocycles. The molecule has 9 aromatic carbocycles. The van der Waals surface area contributed by atoms with Gasteiger partial charge in [0.1, 0.15) is 11.2 Å². The first kappa shape index (κ1) is 31.2. The smallest absolute Gasteiger partial charge is 0.135 e. The van der Waals surface area contributed by atoms with Crippen molar-refractivity contribution in [2.75, 3.05) is 4.90 Å². The van der Waals surface area contributed by atoms with Crippen LogP contribution in [-0.2, 0) is 0 Å². The average Bonchev–Trinajstić information content (AvgIpc) is 3.78. The lowest BCUT2D eigenvalue weighted by Gasteiger charge is -2.26. The molecule has 3 heteroatoms. The van der Waals surface area contributed by atoms with Crippen LogP contribution in [-0.4, -0.2) is 4.57 Å². The predicted octanol–water partition coefficient (Wildman–Crippen LogP) is 14.6. The lowest BCUT2D eigenvalue weighted by molar-refractivity contribution is 0.669. The Bertz CT molecular complexity index is 3190. The maximum atomic E-state index is 6.24. The minimum atomic E-state index is 0.882. The van der Waals surface area contributed by atoms with Crippen molar-refractivity contribution < 1.29 is 4.42 Å². The van der Waals surface area contributed by atoms with E-state index in [9.17, 15) is 0 Å². The number of anilines is 3. The van der Waals surface area contributed by atoms with Gasteiger partial charge in [0, 0.05) is 44.3 Å². The summed E-state index contributed by atoms with van der Waals surface area (Å²) in [5.41, 5.74) is 13.2. The third-order valence-electron chi connectivity index (χ3n) is 10.9. The summed E-state index contributed by atoms with van der Waals surface area (Å²) in [5, 5.41) is 7.19. The van der Waals surface area contributed by atoms with E-state index in [-0.39, 0.29) is 0 Å². The minimum Gasteiger partial charge on any atom is -0.456 e. The SMILES string of the molecule is c1ccc(-c2ccc(N(c3cccc(-c4ccc5c6cc7ccccc7cc6n(-c6ccccc6)c5c4)c3)c3ccc4oc5ccccc5c4c3)cc2)cc1. The van der Waals surface area contributed by atoms with E-state index in [2.05, 4.69) is 204 Å². The molecule has 11 aromatic rings. The van der Waals surface area contributed by atoms with Gasteiger partial charge in [0.25, 0.3) is 0 Å². The third-order valence-corrected chi connectivity index (χ3v) is 10.9. The summed E-state index contributed by atoms with van der Waals surface area (Å²) in [4.78, 5) is 2.35. The van der Waals surface area contributed by atoms with Crippen LogP contribution in [0.15, 0.2) is 211 Å². The highest BCUT2D eigenvalue weighted by atomic mass is 16.3. The summed E-state index contributed by atoms with van der Waals surface area (Å²) in [5.74, 6) is 0. The van der Waals surface area contributed by atoms with E-state index in [0.717, 1.165) is 55.8 Å². The molecule has 0 aliphatic carbocycles. The van der Waals surface area contributed by atoms with Gasteiger partial charge >= 0.3 is 0 Å². The Morgan fingerprint density at radius 1 is 0.327 bits per heavy atom. The number of nitrogens with zero attached hydrogens (tertiary/aromatic N) is 2. The second kappa shape index (κ2) is 12.6. The molecule has 0 atom stereocenters. The van der Waals surface area contributed by atoms with Crippen LogP contribution < -0.4 is 4.90 Å². The van der Waals surface area contributed by atoms with Crippen molar-refractivity contribution >= 4 is 71.6 Å². The zero-order chi connectivity index (χ0) is 36.3. The monoisotopic (exact) mass is 702 g/mol. The number of hydrogen-bond acceptors (Lipinski definition) is 2. The molecule has 0 bridgehead atoms. The molecule has 0 amide bonds. The Hall–Kier alpha value is -7.36. The van der Waals surface area contributed by atoms with Gasteiger partial charge in [-0.05, 0) is 112 Å². The molecular weight excluding hydrogens is 669 g/mol. The second-order valence-corrected chi connectivity index (χ2v) is 14.2. The molecule has 0 aliphatic rings. The standard InChI is InChI=1S/C52H34N2O/c1-3-12-35(13-4-1)36-22-25-42(26-23-36)53(44-27-29-52-48(34-44)46-20-9-10-21-51(46)55-52)43-19-11-16-37(30-43)40-24-28-45-47-31-38-14-7-8-15-39(38)32-50(47)54(49(45)33-40)41-17-5-2-6-18-41/h1-34H. The van der Waals surface area contributed by atoms with Gasteiger partial charge < -0.3 is 13.9 Å². The zero-order valence-electron chi connectivity index (χ0n) is 29.9. The molecule has 0 unspecified atom stereocenters. The number of furan rings is 1. The number of hydrogen-bond donors (Lipinski definition) is 0. The van der Waals surface area contributed by atoms with E-state index in [1.165, 1.54) is 43.7 Å². The normalized spacial score (nSPS) is 11.6. The topological polar surface area (TPSA) is 21.3 Å². The summed E-state index contributed by atoms with van der Waals surface area (Å²) in [7, 11) is 0. The summed E-state index contributed by atoms with van der Waals surface area (Å²) >= 11 is 0. The summed E-state index contributed by atoms with van der Waals surface area (Å²) in [6.07, 6.45) is 0. The van der Waals surface area contributed by atoms with Crippen molar-refractivity contribution in [1.29, 1.82) is 0 Å². The highest BCUT2D eigenvalue weighted by molar-refractivity contribution is 6.14. The first-order valence-corrected chi connectivity index (χ1v) is 18.7. The van der Waals surface area contributed by atoms with Gasteiger partial charge in [-0.25, -0.2) is 0 Å².